The lowest BCUT2D eigenvalue weighted by molar-refractivity contribution is 0.0954. The topological polar surface area (TPSA) is 75.7 Å². The molecule has 2 rings (SSSR count). The van der Waals surface area contributed by atoms with E-state index in [9.17, 15) is 17.6 Å². The minimum absolute atomic E-state index is 0.0449. The first-order chi connectivity index (χ1) is 13.3. The zero-order valence-electron chi connectivity index (χ0n) is 16.2. The number of carbonyl (C=O) groups excluding carboxylic acids is 1. The Balaban J connectivity index is 2.18. The second kappa shape index (κ2) is 9.66. The molecule has 0 fully saturated rings. The molecule has 2 aromatic rings. The van der Waals surface area contributed by atoms with Gasteiger partial charge < -0.3 is 10.1 Å². The second-order valence-electron chi connectivity index (χ2n) is 6.09. The lowest BCUT2D eigenvalue weighted by atomic mass is 10.1. The van der Waals surface area contributed by atoms with E-state index >= 15 is 0 Å². The number of rotatable bonds is 9. The Hall–Kier alpha value is -2.45. The van der Waals surface area contributed by atoms with E-state index in [0.717, 1.165) is 5.56 Å². The van der Waals surface area contributed by atoms with Crippen molar-refractivity contribution < 1.29 is 22.3 Å². The Morgan fingerprint density at radius 2 is 1.86 bits per heavy atom. The van der Waals surface area contributed by atoms with Gasteiger partial charge in [0.05, 0.1) is 7.11 Å². The highest BCUT2D eigenvalue weighted by atomic mass is 32.2. The van der Waals surface area contributed by atoms with Crippen LogP contribution in [0.4, 0.5) is 4.39 Å². The van der Waals surface area contributed by atoms with Crippen LogP contribution in [0, 0.1) is 5.82 Å². The molecule has 6 nitrogen and oxygen atoms in total. The molecule has 0 saturated carbocycles. The molecule has 0 heterocycles. The van der Waals surface area contributed by atoms with Gasteiger partial charge in [-0.2, -0.15) is 4.31 Å². The van der Waals surface area contributed by atoms with Crippen molar-refractivity contribution in [2.24, 2.45) is 0 Å². The molecule has 0 saturated heterocycles. The number of nitrogens with one attached hydrogen (secondary N) is 1. The molecule has 28 heavy (non-hydrogen) atoms. The van der Waals surface area contributed by atoms with Gasteiger partial charge in [-0.05, 0) is 42.3 Å². The van der Waals surface area contributed by atoms with Crippen LogP contribution in [0.15, 0.2) is 47.4 Å². The Morgan fingerprint density at radius 3 is 2.46 bits per heavy atom. The van der Waals surface area contributed by atoms with E-state index in [1.807, 2.05) is 0 Å². The summed E-state index contributed by atoms with van der Waals surface area (Å²) in [5, 5.41) is 2.73. The van der Waals surface area contributed by atoms with E-state index in [1.54, 1.807) is 26.0 Å². The monoisotopic (exact) mass is 408 g/mol. The highest BCUT2D eigenvalue weighted by molar-refractivity contribution is 7.89. The fourth-order valence-electron chi connectivity index (χ4n) is 2.84. The van der Waals surface area contributed by atoms with Crippen LogP contribution >= 0.6 is 0 Å². The predicted molar refractivity (Wildman–Crippen MR) is 106 cm³/mol. The van der Waals surface area contributed by atoms with Gasteiger partial charge >= 0.3 is 0 Å². The van der Waals surface area contributed by atoms with E-state index < -0.39 is 15.9 Å². The van der Waals surface area contributed by atoms with Gasteiger partial charge in [0.15, 0.2) is 0 Å². The van der Waals surface area contributed by atoms with Gasteiger partial charge in [0.25, 0.3) is 5.91 Å². The molecule has 0 radical (unpaired) electrons. The summed E-state index contributed by atoms with van der Waals surface area (Å²) in [4.78, 5) is 12.4. The Bertz CT molecular complexity index is 928. The standard InChI is InChI=1S/C20H25FN2O4S/c1-4-23(5-2)28(25,26)19-14-16(9-10-18(19)27-3)20(24)22-12-11-15-7-6-8-17(21)13-15/h6-10,13-14H,4-5,11-12H2,1-3H3,(H,22,24). The number of amides is 1. The number of carbonyl (C=O) groups is 1. The fraction of sp³-hybridized carbons (Fsp3) is 0.350. The van der Waals surface area contributed by atoms with Gasteiger partial charge in [-0.15, -0.1) is 0 Å². The van der Waals surface area contributed by atoms with Crippen molar-refractivity contribution >= 4 is 15.9 Å². The first-order valence-electron chi connectivity index (χ1n) is 9.04. The molecule has 0 spiro atoms. The van der Waals surface area contributed by atoms with E-state index in [-0.39, 0.29) is 22.0 Å². The maximum Gasteiger partial charge on any atom is 0.251 e. The van der Waals surface area contributed by atoms with Crippen molar-refractivity contribution in [3.8, 4) is 5.75 Å². The maximum atomic E-state index is 13.2. The van der Waals surface area contributed by atoms with E-state index in [0.29, 0.717) is 26.1 Å². The Morgan fingerprint density at radius 1 is 1.14 bits per heavy atom. The van der Waals surface area contributed by atoms with Crippen LogP contribution in [0.5, 0.6) is 5.75 Å². The van der Waals surface area contributed by atoms with Crippen LogP contribution in [0.1, 0.15) is 29.8 Å². The largest absolute Gasteiger partial charge is 0.495 e. The molecule has 0 bridgehead atoms. The molecule has 0 aliphatic carbocycles. The van der Waals surface area contributed by atoms with Crippen LogP contribution in [0.25, 0.3) is 0 Å². The predicted octanol–water partition coefficient (Wildman–Crippen LogP) is 2.84. The summed E-state index contributed by atoms with van der Waals surface area (Å²) in [5.74, 6) is -0.552. The SMILES string of the molecule is CCN(CC)S(=O)(=O)c1cc(C(=O)NCCc2cccc(F)c2)ccc1OC. The van der Waals surface area contributed by atoms with Crippen LogP contribution in [-0.2, 0) is 16.4 Å². The smallest absolute Gasteiger partial charge is 0.251 e. The van der Waals surface area contributed by atoms with Crippen molar-refractivity contribution in [3.05, 3.63) is 59.4 Å². The van der Waals surface area contributed by atoms with Crippen molar-refractivity contribution in [2.45, 2.75) is 25.2 Å². The summed E-state index contributed by atoms with van der Waals surface area (Å²) in [5.41, 5.74) is 0.977. The average Bonchev–Trinajstić information content (AvgIpc) is 2.68. The number of ether oxygens (including phenoxy) is 1. The molecule has 1 amide bonds. The molecule has 8 heteroatoms. The fourth-order valence-corrected chi connectivity index (χ4v) is 4.48. The summed E-state index contributed by atoms with van der Waals surface area (Å²) in [6.07, 6.45) is 0.463. The highest BCUT2D eigenvalue weighted by Crippen LogP contribution is 2.27. The molecule has 1 N–H and O–H groups in total. The van der Waals surface area contributed by atoms with Crippen LogP contribution in [0.3, 0.4) is 0 Å². The van der Waals surface area contributed by atoms with Gasteiger partial charge in [0.1, 0.15) is 16.5 Å². The molecule has 0 unspecified atom stereocenters. The van der Waals surface area contributed by atoms with Crippen LogP contribution < -0.4 is 10.1 Å². The number of sulfonamides is 1. The third kappa shape index (κ3) is 5.08. The quantitative estimate of drug-likeness (QED) is 0.692. The molecular formula is C20H25FN2O4S. The average molecular weight is 408 g/mol. The molecular weight excluding hydrogens is 383 g/mol. The van der Waals surface area contributed by atoms with E-state index in [1.165, 1.54) is 41.7 Å². The number of hydrogen-bond donors (Lipinski definition) is 1. The van der Waals surface area contributed by atoms with Crippen molar-refractivity contribution in [2.75, 3.05) is 26.7 Å². The van der Waals surface area contributed by atoms with Crippen LogP contribution in [0.2, 0.25) is 0 Å². The first-order valence-corrected chi connectivity index (χ1v) is 10.5. The second-order valence-corrected chi connectivity index (χ2v) is 8.00. The lowest BCUT2D eigenvalue weighted by Gasteiger charge is -2.20. The molecule has 0 aliphatic heterocycles. The van der Waals surface area contributed by atoms with Crippen molar-refractivity contribution in [1.82, 2.24) is 9.62 Å². The summed E-state index contributed by atoms with van der Waals surface area (Å²) in [6, 6.07) is 10.5. The zero-order valence-corrected chi connectivity index (χ0v) is 17.1. The molecule has 2 aromatic carbocycles. The first kappa shape index (κ1) is 21.8. The third-order valence-corrected chi connectivity index (χ3v) is 6.41. The molecule has 0 atom stereocenters. The minimum atomic E-state index is -3.78. The van der Waals surface area contributed by atoms with Gasteiger partial charge in [0, 0.05) is 25.2 Å². The Kier molecular flexibility index (Phi) is 7.53. The summed E-state index contributed by atoms with van der Waals surface area (Å²) in [7, 11) is -2.40. The number of halogens is 1. The summed E-state index contributed by atoms with van der Waals surface area (Å²) in [6.45, 7) is 4.41. The summed E-state index contributed by atoms with van der Waals surface area (Å²) >= 11 is 0. The molecule has 0 aromatic heterocycles. The van der Waals surface area contributed by atoms with Crippen LogP contribution in [-0.4, -0.2) is 45.4 Å². The van der Waals surface area contributed by atoms with Gasteiger partial charge in [-0.25, -0.2) is 12.8 Å². The zero-order chi connectivity index (χ0) is 20.7. The van der Waals surface area contributed by atoms with E-state index in [2.05, 4.69) is 5.32 Å². The summed E-state index contributed by atoms with van der Waals surface area (Å²) < 4.78 is 45.4. The lowest BCUT2D eigenvalue weighted by Crippen LogP contribution is -2.31. The molecule has 0 aliphatic rings. The van der Waals surface area contributed by atoms with Crippen molar-refractivity contribution in [1.29, 1.82) is 0 Å². The maximum absolute atomic E-state index is 13.2. The van der Waals surface area contributed by atoms with E-state index in [4.69, 9.17) is 4.74 Å². The number of methoxy groups -OCH3 is 1. The van der Waals surface area contributed by atoms with Gasteiger partial charge in [0.2, 0.25) is 10.0 Å². The van der Waals surface area contributed by atoms with Crippen molar-refractivity contribution in [3.63, 3.8) is 0 Å². The Labute approximate surface area is 165 Å². The highest BCUT2D eigenvalue weighted by Gasteiger charge is 2.26. The normalized spacial score (nSPS) is 11.5. The number of hydrogen-bond acceptors (Lipinski definition) is 4. The third-order valence-electron chi connectivity index (χ3n) is 4.34. The van der Waals surface area contributed by atoms with Gasteiger partial charge in [-0.1, -0.05) is 26.0 Å². The molecule has 152 valence electrons. The van der Waals surface area contributed by atoms with Gasteiger partial charge in [-0.3, -0.25) is 4.79 Å². The number of nitrogens with zero attached hydrogens (tertiary/aromatic N) is 1. The minimum Gasteiger partial charge on any atom is -0.495 e. The number of benzene rings is 2.